The van der Waals surface area contributed by atoms with Crippen molar-refractivity contribution < 1.29 is 14.6 Å². The van der Waals surface area contributed by atoms with E-state index >= 15 is 0 Å². The topological polar surface area (TPSA) is 51.6 Å². The van der Waals surface area contributed by atoms with E-state index in [1.54, 1.807) is 24.5 Å². The fourth-order valence-corrected chi connectivity index (χ4v) is 3.10. The van der Waals surface area contributed by atoms with Gasteiger partial charge in [-0.3, -0.25) is 4.98 Å². The lowest BCUT2D eigenvalue weighted by atomic mass is 9.67. The zero-order chi connectivity index (χ0) is 15.6. The van der Waals surface area contributed by atoms with Crippen LogP contribution in [-0.2, 0) is 15.1 Å². The number of aromatic nitrogens is 1. The summed E-state index contributed by atoms with van der Waals surface area (Å²) >= 11 is 5.98. The van der Waals surface area contributed by atoms with Crippen molar-refractivity contribution in [1.82, 2.24) is 4.98 Å². The van der Waals surface area contributed by atoms with Crippen LogP contribution in [0, 0.1) is 5.41 Å². The van der Waals surface area contributed by atoms with E-state index in [1.165, 1.54) is 0 Å². The molecule has 1 atom stereocenters. The highest BCUT2D eigenvalue weighted by Crippen LogP contribution is 2.46. The largest absolute Gasteiger partial charge is 0.380 e. The smallest absolute Gasteiger partial charge is 0.146 e. The van der Waals surface area contributed by atoms with Crippen LogP contribution in [0.15, 0.2) is 48.8 Å². The van der Waals surface area contributed by atoms with Crippen LogP contribution in [0.1, 0.15) is 18.1 Å². The highest BCUT2D eigenvalue weighted by Gasteiger charge is 2.51. The molecule has 0 saturated carbocycles. The van der Waals surface area contributed by atoms with E-state index in [-0.39, 0.29) is 19.2 Å². The van der Waals surface area contributed by atoms with Crippen molar-refractivity contribution in [3.05, 3.63) is 64.9 Å². The minimum atomic E-state index is -1.29. The number of aliphatic hydroxyl groups is 1. The van der Waals surface area contributed by atoms with Gasteiger partial charge in [-0.1, -0.05) is 36.7 Å². The quantitative estimate of drug-likeness (QED) is 0.916. The van der Waals surface area contributed by atoms with Gasteiger partial charge in [-0.2, -0.15) is 0 Å². The number of halogens is 2. The Morgan fingerprint density at radius 2 is 1.78 bits per heavy atom. The minimum Gasteiger partial charge on any atom is -0.380 e. The van der Waals surface area contributed by atoms with Gasteiger partial charge in [0.25, 0.3) is 0 Å². The molecular weight excluding hydrogens is 337 g/mol. The van der Waals surface area contributed by atoms with Gasteiger partial charge in [-0.05, 0) is 23.8 Å². The highest BCUT2D eigenvalue weighted by molar-refractivity contribution is 6.30. The molecule has 0 aliphatic carbocycles. The maximum Gasteiger partial charge on any atom is 0.146 e. The Balaban J connectivity index is 0.00000192. The maximum absolute atomic E-state index is 11.7. The van der Waals surface area contributed by atoms with E-state index < -0.39 is 11.0 Å². The van der Waals surface area contributed by atoms with E-state index in [9.17, 15) is 5.11 Å². The molecule has 4 nitrogen and oxygen atoms in total. The van der Waals surface area contributed by atoms with Crippen molar-refractivity contribution in [2.45, 2.75) is 12.5 Å². The second-order valence-electron chi connectivity index (χ2n) is 5.83. The van der Waals surface area contributed by atoms with Gasteiger partial charge in [0, 0.05) is 23.0 Å². The average Bonchev–Trinajstić information content (AvgIpc) is 2.56. The van der Waals surface area contributed by atoms with Crippen LogP contribution in [0.25, 0.3) is 0 Å². The molecule has 1 aromatic carbocycles. The fraction of sp³-hybridized carbons (Fsp3) is 0.353. The maximum atomic E-state index is 11.7. The zero-order valence-corrected chi connectivity index (χ0v) is 14.3. The Hall–Kier alpha value is -1.17. The summed E-state index contributed by atoms with van der Waals surface area (Å²) < 4.78 is 10.9. The monoisotopic (exact) mass is 355 g/mol. The fourth-order valence-electron chi connectivity index (χ4n) is 2.97. The van der Waals surface area contributed by atoms with E-state index in [0.717, 1.165) is 5.56 Å². The molecule has 2 heterocycles. The zero-order valence-electron chi connectivity index (χ0n) is 12.7. The Morgan fingerprint density at radius 3 is 2.35 bits per heavy atom. The first-order chi connectivity index (χ1) is 10.6. The van der Waals surface area contributed by atoms with Crippen LogP contribution < -0.4 is 0 Å². The Morgan fingerprint density at radius 1 is 1.13 bits per heavy atom. The predicted octanol–water partition coefficient (Wildman–Crippen LogP) is 3.40. The molecule has 0 radical (unpaired) electrons. The third-order valence-corrected chi connectivity index (χ3v) is 4.47. The molecule has 23 heavy (non-hydrogen) atoms. The minimum absolute atomic E-state index is 0. The van der Waals surface area contributed by atoms with Gasteiger partial charge >= 0.3 is 0 Å². The summed E-state index contributed by atoms with van der Waals surface area (Å²) in [6.45, 7) is 2.98. The standard InChI is InChI=1S/C17H18ClNO3.ClH/c1-16(10-21-12-22-11-16)17(20,14-3-2-8-19-9-14)13-4-6-15(18)7-5-13;/h2-9,20H,10-12H2,1H3;1H. The Labute approximate surface area is 146 Å². The SMILES string of the molecule is CC1(C(O)(c2ccc(Cl)cc2)c2cccnc2)COCOC1.Cl. The van der Waals surface area contributed by atoms with E-state index in [1.807, 2.05) is 31.2 Å². The van der Waals surface area contributed by atoms with Crippen molar-refractivity contribution in [3.8, 4) is 0 Å². The lowest BCUT2D eigenvalue weighted by molar-refractivity contribution is -0.213. The van der Waals surface area contributed by atoms with Crippen molar-refractivity contribution in [3.63, 3.8) is 0 Å². The Bertz CT molecular complexity index is 630. The third kappa shape index (κ3) is 3.23. The van der Waals surface area contributed by atoms with Gasteiger partial charge < -0.3 is 14.6 Å². The summed E-state index contributed by atoms with van der Waals surface area (Å²) in [5, 5.41) is 12.3. The van der Waals surface area contributed by atoms with E-state index in [2.05, 4.69) is 4.98 Å². The average molecular weight is 356 g/mol. The van der Waals surface area contributed by atoms with Crippen molar-refractivity contribution in [2.24, 2.45) is 5.41 Å². The summed E-state index contributed by atoms with van der Waals surface area (Å²) in [6, 6.07) is 10.9. The van der Waals surface area contributed by atoms with Gasteiger partial charge in [0.05, 0.1) is 18.6 Å². The molecular formula is C17H19Cl2NO3. The van der Waals surface area contributed by atoms with Crippen LogP contribution in [0.3, 0.4) is 0 Å². The van der Waals surface area contributed by atoms with Crippen LogP contribution in [-0.4, -0.2) is 30.1 Å². The van der Waals surface area contributed by atoms with Crippen LogP contribution in [0.2, 0.25) is 5.02 Å². The highest BCUT2D eigenvalue weighted by atomic mass is 35.5. The molecule has 1 aromatic heterocycles. The van der Waals surface area contributed by atoms with Crippen LogP contribution in [0.5, 0.6) is 0 Å². The number of nitrogens with zero attached hydrogens (tertiary/aromatic N) is 1. The van der Waals surface area contributed by atoms with E-state index in [0.29, 0.717) is 23.8 Å². The molecule has 1 saturated heterocycles. The van der Waals surface area contributed by atoms with Crippen LogP contribution >= 0.6 is 24.0 Å². The summed E-state index contributed by atoms with van der Waals surface area (Å²) in [7, 11) is 0. The van der Waals surface area contributed by atoms with Gasteiger partial charge in [0.1, 0.15) is 12.4 Å². The molecule has 0 amide bonds. The molecule has 1 N–H and O–H groups in total. The van der Waals surface area contributed by atoms with Crippen molar-refractivity contribution in [2.75, 3.05) is 20.0 Å². The molecule has 1 unspecified atom stereocenters. The molecule has 0 spiro atoms. The normalized spacial score (nSPS) is 19.4. The number of rotatable bonds is 3. The first-order valence-corrected chi connectivity index (χ1v) is 7.48. The number of hydrogen-bond donors (Lipinski definition) is 1. The summed E-state index contributed by atoms with van der Waals surface area (Å²) in [6.07, 6.45) is 3.36. The number of pyridine rings is 1. The predicted molar refractivity (Wildman–Crippen MR) is 90.8 cm³/mol. The van der Waals surface area contributed by atoms with Gasteiger partial charge in [-0.25, -0.2) is 0 Å². The molecule has 6 heteroatoms. The van der Waals surface area contributed by atoms with Crippen LogP contribution in [0.4, 0.5) is 0 Å². The summed E-state index contributed by atoms with van der Waals surface area (Å²) in [5.74, 6) is 0. The summed E-state index contributed by atoms with van der Waals surface area (Å²) in [5.41, 5.74) is -0.482. The number of ether oxygens (including phenoxy) is 2. The second kappa shape index (κ2) is 7.16. The number of benzene rings is 1. The van der Waals surface area contributed by atoms with Crippen molar-refractivity contribution in [1.29, 1.82) is 0 Å². The second-order valence-corrected chi connectivity index (χ2v) is 6.27. The third-order valence-electron chi connectivity index (χ3n) is 4.22. The molecule has 3 rings (SSSR count). The molecule has 2 aromatic rings. The first kappa shape index (κ1) is 18.2. The lowest BCUT2D eigenvalue weighted by Gasteiger charge is -2.47. The lowest BCUT2D eigenvalue weighted by Crippen LogP contribution is -2.52. The van der Waals surface area contributed by atoms with Crippen molar-refractivity contribution >= 4 is 24.0 Å². The summed E-state index contributed by atoms with van der Waals surface area (Å²) in [4.78, 5) is 4.15. The van der Waals surface area contributed by atoms with E-state index in [4.69, 9.17) is 21.1 Å². The molecule has 1 aliphatic heterocycles. The Kier molecular flexibility index (Phi) is 5.65. The molecule has 1 aliphatic rings. The van der Waals surface area contributed by atoms with Gasteiger partial charge in [0.2, 0.25) is 0 Å². The van der Waals surface area contributed by atoms with Gasteiger partial charge in [-0.15, -0.1) is 12.4 Å². The first-order valence-electron chi connectivity index (χ1n) is 7.11. The molecule has 0 bridgehead atoms. The van der Waals surface area contributed by atoms with Gasteiger partial charge in [0.15, 0.2) is 0 Å². The molecule has 124 valence electrons. The number of hydrogen-bond acceptors (Lipinski definition) is 4. The molecule has 1 fully saturated rings.